The van der Waals surface area contributed by atoms with Gasteiger partial charge in [-0.25, -0.2) is 9.96 Å². The highest BCUT2D eigenvalue weighted by Crippen LogP contribution is 2.49. The molecule has 4 aromatic carbocycles. The van der Waals surface area contributed by atoms with Gasteiger partial charge in [-0.15, -0.1) is 0 Å². The Morgan fingerprint density at radius 1 is 0.718 bits per heavy atom. The van der Waals surface area contributed by atoms with Crippen molar-refractivity contribution in [3.8, 4) is 5.75 Å². The van der Waals surface area contributed by atoms with Crippen LogP contribution in [0.3, 0.4) is 0 Å². The molecule has 2 saturated heterocycles. The van der Waals surface area contributed by atoms with E-state index in [2.05, 4.69) is 15.9 Å². The number of amides is 2. The van der Waals surface area contributed by atoms with Gasteiger partial charge < -0.3 is 4.18 Å². The van der Waals surface area contributed by atoms with Crippen LogP contribution < -0.4 is 14.1 Å². The predicted molar refractivity (Wildman–Crippen MR) is 147 cm³/mol. The van der Waals surface area contributed by atoms with Crippen LogP contribution in [-0.2, 0) is 24.5 Å². The second-order valence-electron chi connectivity index (χ2n) is 9.03. The van der Waals surface area contributed by atoms with Gasteiger partial charge in [-0.3, -0.25) is 14.4 Å². The molecule has 0 aliphatic carbocycles. The zero-order chi connectivity index (χ0) is 27.1. The number of halogens is 1. The van der Waals surface area contributed by atoms with E-state index < -0.39 is 40.0 Å². The van der Waals surface area contributed by atoms with Crippen molar-refractivity contribution in [3.63, 3.8) is 0 Å². The first kappa shape index (κ1) is 25.3. The van der Waals surface area contributed by atoms with E-state index in [0.29, 0.717) is 16.9 Å². The lowest BCUT2D eigenvalue weighted by atomic mass is 9.90. The molecular formula is C29H21BrN2O6S. The first-order valence-electron chi connectivity index (χ1n) is 12.1. The fourth-order valence-corrected chi connectivity index (χ4v) is 6.17. The highest BCUT2D eigenvalue weighted by atomic mass is 79.9. The summed E-state index contributed by atoms with van der Waals surface area (Å²) in [5.74, 6) is -1.85. The van der Waals surface area contributed by atoms with Gasteiger partial charge in [-0.2, -0.15) is 8.42 Å². The van der Waals surface area contributed by atoms with Crippen LogP contribution in [0.2, 0.25) is 0 Å². The fourth-order valence-electron chi connectivity index (χ4n) is 4.93. The van der Waals surface area contributed by atoms with E-state index in [1.165, 1.54) is 23.3 Å². The van der Waals surface area contributed by atoms with E-state index in [1.807, 2.05) is 18.2 Å². The molecule has 0 unspecified atom stereocenters. The molecule has 8 nitrogen and oxygen atoms in total. The number of carbonyl (C=O) groups is 2. The summed E-state index contributed by atoms with van der Waals surface area (Å²) in [5.41, 5.74) is 1.42. The third-order valence-electron chi connectivity index (χ3n) is 6.68. The largest absolute Gasteiger partial charge is 0.379 e. The highest BCUT2D eigenvalue weighted by molar-refractivity contribution is 9.10. The number of rotatable bonds is 6. The van der Waals surface area contributed by atoms with Crippen LogP contribution in [0.4, 0.5) is 11.4 Å². The maximum atomic E-state index is 13.9. The van der Waals surface area contributed by atoms with Gasteiger partial charge in [0.1, 0.15) is 16.6 Å². The van der Waals surface area contributed by atoms with Gasteiger partial charge in [0.15, 0.2) is 6.10 Å². The van der Waals surface area contributed by atoms with Crippen LogP contribution in [0.1, 0.15) is 11.6 Å². The molecule has 196 valence electrons. The van der Waals surface area contributed by atoms with E-state index in [-0.39, 0.29) is 10.6 Å². The van der Waals surface area contributed by atoms with Crippen LogP contribution in [0.25, 0.3) is 0 Å². The molecule has 2 amide bonds. The number of imide groups is 1. The standard InChI is InChI=1S/C29H21BrN2O6S/c30-19-15-17-20(18-16-19)31-28(33)25-26(32(37-27(25)29(31)34)21-9-3-1-4-10-21)23-13-7-8-14-24(23)38-39(35,36)22-11-5-2-6-12-22/h1-18,25-27H/t25-,26-,27+/m0/s1. The molecule has 0 saturated carbocycles. The van der Waals surface area contributed by atoms with Crippen molar-refractivity contribution in [2.24, 2.45) is 5.92 Å². The summed E-state index contributed by atoms with van der Waals surface area (Å²) in [6, 6.07) is 29.4. The Kier molecular flexibility index (Phi) is 6.46. The number of para-hydroxylation sites is 2. The number of anilines is 2. The molecule has 2 aliphatic heterocycles. The lowest BCUT2D eigenvalue weighted by molar-refractivity contribution is -0.126. The molecular weight excluding hydrogens is 584 g/mol. The Hall–Kier alpha value is -3.99. The monoisotopic (exact) mass is 604 g/mol. The molecule has 2 aliphatic rings. The van der Waals surface area contributed by atoms with Crippen molar-refractivity contribution < 1.29 is 27.0 Å². The minimum absolute atomic E-state index is 0.00574. The van der Waals surface area contributed by atoms with Crippen molar-refractivity contribution in [1.29, 1.82) is 0 Å². The average molecular weight is 605 g/mol. The molecule has 0 aromatic heterocycles. The number of fused-ring (bicyclic) bond motifs is 1. The maximum Gasteiger partial charge on any atom is 0.339 e. The zero-order valence-corrected chi connectivity index (χ0v) is 22.7. The van der Waals surface area contributed by atoms with Gasteiger partial charge in [0.05, 0.1) is 17.4 Å². The van der Waals surface area contributed by atoms with Crippen LogP contribution in [0, 0.1) is 5.92 Å². The summed E-state index contributed by atoms with van der Waals surface area (Å²) in [5, 5.41) is 1.50. The molecule has 0 radical (unpaired) electrons. The number of benzene rings is 4. The second kappa shape index (κ2) is 9.96. The maximum absolute atomic E-state index is 13.9. The average Bonchev–Trinajstić information content (AvgIpc) is 3.46. The fraction of sp³-hybridized carbons (Fsp3) is 0.103. The smallest absolute Gasteiger partial charge is 0.339 e. The molecule has 4 aromatic rings. The van der Waals surface area contributed by atoms with E-state index in [4.69, 9.17) is 9.02 Å². The normalized spacial score (nSPS) is 20.8. The number of carbonyl (C=O) groups excluding carboxylic acids is 2. The van der Waals surface area contributed by atoms with Crippen LogP contribution >= 0.6 is 15.9 Å². The molecule has 0 bridgehead atoms. The van der Waals surface area contributed by atoms with E-state index >= 15 is 0 Å². The van der Waals surface area contributed by atoms with Crippen LogP contribution in [0.5, 0.6) is 5.75 Å². The second-order valence-corrected chi connectivity index (χ2v) is 11.5. The van der Waals surface area contributed by atoms with E-state index in [0.717, 1.165) is 9.37 Å². The third kappa shape index (κ3) is 4.50. The summed E-state index contributed by atoms with van der Waals surface area (Å²) in [6.45, 7) is 0. The summed E-state index contributed by atoms with van der Waals surface area (Å²) < 4.78 is 32.7. The van der Waals surface area contributed by atoms with Gasteiger partial charge in [0.2, 0.25) is 5.91 Å². The molecule has 0 spiro atoms. The number of hydrogen-bond donors (Lipinski definition) is 0. The first-order chi connectivity index (χ1) is 18.8. The van der Waals surface area contributed by atoms with Crippen molar-refractivity contribution >= 4 is 49.2 Å². The van der Waals surface area contributed by atoms with Gasteiger partial charge in [0.25, 0.3) is 5.91 Å². The molecule has 39 heavy (non-hydrogen) atoms. The lowest BCUT2D eigenvalue weighted by Gasteiger charge is -2.29. The number of hydroxylamine groups is 1. The molecule has 10 heteroatoms. The van der Waals surface area contributed by atoms with E-state index in [9.17, 15) is 18.0 Å². The van der Waals surface area contributed by atoms with Gasteiger partial charge in [0, 0.05) is 10.0 Å². The van der Waals surface area contributed by atoms with Crippen molar-refractivity contribution in [3.05, 3.63) is 119 Å². The topological polar surface area (TPSA) is 93.2 Å². The number of hydrogen-bond acceptors (Lipinski definition) is 7. The molecule has 0 N–H and O–H groups in total. The Labute approximate surface area is 233 Å². The summed E-state index contributed by atoms with van der Waals surface area (Å²) in [6.07, 6.45) is -1.11. The summed E-state index contributed by atoms with van der Waals surface area (Å²) in [4.78, 5) is 34.7. The van der Waals surface area contributed by atoms with Crippen molar-refractivity contribution in [2.45, 2.75) is 17.0 Å². The lowest BCUT2D eigenvalue weighted by Crippen LogP contribution is -2.37. The minimum atomic E-state index is -4.18. The Bertz CT molecular complexity index is 1650. The Morgan fingerprint density at radius 3 is 2.03 bits per heavy atom. The molecule has 2 heterocycles. The molecule has 6 rings (SSSR count). The van der Waals surface area contributed by atoms with Crippen LogP contribution in [0.15, 0.2) is 119 Å². The van der Waals surface area contributed by atoms with Gasteiger partial charge in [-0.1, -0.05) is 70.5 Å². The van der Waals surface area contributed by atoms with Gasteiger partial charge in [-0.05, 0) is 54.6 Å². The minimum Gasteiger partial charge on any atom is -0.379 e. The molecule has 2 fully saturated rings. The summed E-state index contributed by atoms with van der Waals surface area (Å²) >= 11 is 3.37. The zero-order valence-electron chi connectivity index (χ0n) is 20.3. The van der Waals surface area contributed by atoms with Crippen LogP contribution in [-0.4, -0.2) is 26.3 Å². The van der Waals surface area contributed by atoms with Crippen molar-refractivity contribution in [2.75, 3.05) is 9.96 Å². The van der Waals surface area contributed by atoms with Gasteiger partial charge >= 0.3 is 10.1 Å². The van der Waals surface area contributed by atoms with E-state index in [1.54, 1.807) is 72.8 Å². The first-order valence-corrected chi connectivity index (χ1v) is 14.3. The summed E-state index contributed by atoms with van der Waals surface area (Å²) in [7, 11) is -4.18. The quantitative estimate of drug-likeness (QED) is 0.219. The number of nitrogens with zero attached hydrogens (tertiary/aromatic N) is 2. The Morgan fingerprint density at radius 2 is 1.33 bits per heavy atom. The molecule has 3 atom stereocenters. The Balaban J connectivity index is 1.44. The van der Waals surface area contributed by atoms with Crippen molar-refractivity contribution in [1.82, 2.24) is 0 Å². The third-order valence-corrected chi connectivity index (χ3v) is 8.46. The highest BCUT2D eigenvalue weighted by Gasteiger charge is 2.60. The predicted octanol–water partition coefficient (Wildman–Crippen LogP) is 5.27. The SMILES string of the molecule is O=C1[C@@H]2[C@@H](ON(c3ccccc3)[C@H]2c2ccccc2OS(=O)(=O)c2ccccc2)C(=O)N1c1ccc(Br)cc1.